The van der Waals surface area contributed by atoms with Gasteiger partial charge in [0.15, 0.2) is 0 Å². The van der Waals surface area contributed by atoms with Crippen LogP contribution < -0.4 is 0 Å². The van der Waals surface area contributed by atoms with Crippen LogP contribution in [0.2, 0.25) is 0 Å². The van der Waals surface area contributed by atoms with E-state index in [1.54, 1.807) is 6.08 Å². The second-order valence-electron chi connectivity index (χ2n) is 3.27. The molecule has 0 bridgehead atoms. The van der Waals surface area contributed by atoms with Gasteiger partial charge in [0.25, 0.3) is 0 Å². The van der Waals surface area contributed by atoms with Crippen LogP contribution >= 0.6 is 0 Å². The third kappa shape index (κ3) is 1.94. The van der Waals surface area contributed by atoms with Crippen LogP contribution in [0, 0.1) is 5.92 Å². The quantitative estimate of drug-likeness (QED) is 0.653. The molecule has 0 amide bonds. The van der Waals surface area contributed by atoms with Crippen molar-refractivity contribution in [2.45, 2.75) is 0 Å². The Morgan fingerprint density at radius 3 is 2.36 bits per heavy atom. The molecule has 0 atom stereocenters. The van der Waals surface area contributed by atoms with Crippen molar-refractivity contribution >= 4 is 0 Å². The molecule has 2 aliphatic rings. The zero-order chi connectivity index (χ0) is 9.80. The Morgan fingerprint density at radius 2 is 1.71 bits per heavy atom. The van der Waals surface area contributed by atoms with E-state index in [2.05, 4.69) is 0 Å². The monoisotopic (exact) mass is 184 g/mol. The zero-order valence-electron chi connectivity index (χ0n) is 7.80. The molecule has 1 N–H and O–H groups in total. The molecule has 14 heavy (non-hydrogen) atoms. The lowest BCUT2D eigenvalue weighted by molar-refractivity contribution is 0.378. The fourth-order valence-corrected chi connectivity index (χ4v) is 1.42. The molecule has 2 rings (SSSR count). The molecule has 0 aromatic carbocycles. The van der Waals surface area contributed by atoms with Gasteiger partial charge in [-0.25, -0.2) is 0 Å². The SMILES string of the molecule is O/C(=C\C=C1C=CC=C1)C1C=CC=C1. The smallest absolute Gasteiger partial charge is 0.103 e. The summed E-state index contributed by atoms with van der Waals surface area (Å²) >= 11 is 0. The highest BCUT2D eigenvalue weighted by Gasteiger charge is 2.07. The second kappa shape index (κ2) is 3.97. The van der Waals surface area contributed by atoms with Crippen molar-refractivity contribution in [3.05, 3.63) is 72.1 Å². The average Bonchev–Trinajstić information content (AvgIpc) is 2.87. The first-order valence-corrected chi connectivity index (χ1v) is 4.67. The Labute approximate surface area is 83.8 Å². The van der Waals surface area contributed by atoms with Crippen molar-refractivity contribution in [3.63, 3.8) is 0 Å². The van der Waals surface area contributed by atoms with E-state index in [-0.39, 0.29) is 5.92 Å². The number of aliphatic hydroxyl groups excluding tert-OH is 1. The minimum atomic E-state index is 0.0567. The van der Waals surface area contributed by atoms with E-state index in [1.165, 1.54) is 0 Å². The van der Waals surface area contributed by atoms with E-state index in [9.17, 15) is 5.11 Å². The number of hydrogen-bond acceptors (Lipinski definition) is 1. The van der Waals surface area contributed by atoms with Gasteiger partial charge in [-0.05, 0) is 11.6 Å². The van der Waals surface area contributed by atoms with Gasteiger partial charge in [-0.15, -0.1) is 0 Å². The summed E-state index contributed by atoms with van der Waals surface area (Å²) in [4.78, 5) is 0. The lowest BCUT2D eigenvalue weighted by atomic mass is 10.1. The van der Waals surface area contributed by atoms with Crippen molar-refractivity contribution in [2.75, 3.05) is 0 Å². The Morgan fingerprint density at radius 1 is 1.07 bits per heavy atom. The van der Waals surface area contributed by atoms with E-state index in [0.717, 1.165) is 5.57 Å². The standard InChI is InChI=1S/C13H12O/c14-13(12-7-3-4-8-12)10-9-11-5-1-2-6-11/h1-10,12,14H/b13-10-. The van der Waals surface area contributed by atoms with Gasteiger partial charge in [-0.3, -0.25) is 0 Å². The van der Waals surface area contributed by atoms with E-state index >= 15 is 0 Å². The Balaban J connectivity index is 2.07. The summed E-state index contributed by atoms with van der Waals surface area (Å²) in [5, 5.41) is 9.68. The van der Waals surface area contributed by atoms with Crippen molar-refractivity contribution in [2.24, 2.45) is 5.92 Å². The molecule has 0 spiro atoms. The van der Waals surface area contributed by atoms with E-state index in [1.807, 2.05) is 54.7 Å². The number of rotatable bonds is 2. The van der Waals surface area contributed by atoms with Crippen LogP contribution in [0.15, 0.2) is 72.1 Å². The molecule has 70 valence electrons. The molecular weight excluding hydrogens is 172 g/mol. The van der Waals surface area contributed by atoms with E-state index in [0.29, 0.717) is 5.76 Å². The zero-order valence-corrected chi connectivity index (χ0v) is 7.80. The van der Waals surface area contributed by atoms with Crippen LogP contribution in [0.25, 0.3) is 0 Å². The van der Waals surface area contributed by atoms with Gasteiger partial charge in [0, 0.05) is 0 Å². The summed E-state index contributed by atoms with van der Waals surface area (Å²) in [6.45, 7) is 0. The highest BCUT2D eigenvalue weighted by atomic mass is 16.3. The average molecular weight is 184 g/mol. The molecule has 0 radical (unpaired) electrons. The first kappa shape index (κ1) is 8.82. The third-order valence-electron chi connectivity index (χ3n) is 2.22. The molecule has 0 heterocycles. The van der Waals surface area contributed by atoms with Gasteiger partial charge in [-0.2, -0.15) is 0 Å². The minimum absolute atomic E-state index is 0.0567. The Kier molecular flexibility index (Phi) is 2.50. The van der Waals surface area contributed by atoms with Gasteiger partial charge in [-0.1, -0.05) is 54.7 Å². The summed E-state index contributed by atoms with van der Waals surface area (Å²) in [6.07, 6.45) is 19.4. The normalized spacial score (nSPS) is 20.0. The number of aliphatic hydroxyl groups is 1. The largest absolute Gasteiger partial charge is 0.511 e. The molecule has 0 unspecified atom stereocenters. The van der Waals surface area contributed by atoms with Crippen molar-refractivity contribution in [3.8, 4) is 0 Å². The predicted molar refractivity (Wildman–Crippen MR) is 58.8 cm³/mol. The minimum Gasteiger partial charge on any atom is -0.511 e. The molecule has 0 aliphatic heterocycles. The molecule has 0 saturated heterocycles. The van der Waals surface area contributed by atoms with Crippen LogP contribution in [-0.2, 0) is 0 Å². The van der Waals surface area contributed by atoms with Gasteiger partial charge in [0.1, 0.15) is 5.76 Å². The third-order valence-corrected chi connectivity index (χ3v) is 2.22. The summed E-state index contributed by atoms with van der Waals surface area (Å²) in [5.74, 6) is 0.442. The maximum atomic E-state index is 9.68. The maximum absolute atomic E-state index is 9.68. The van der Waals surface area contributed by atoms with Crippen molar-refractivity contribution in [1.82, 2.24) is 0 Å². The first-order valence-electron chi connectivity index (χ1n) is 4.67. The number of allylic oxidation sites excluding steroid dienone is 10. The molecule has 1 nitrogen and oxygen atoms in total. The summed E-state index contributed by atoms with van der Waals surface area (Å²) in [7, 11) is 0. The molecular formula is C13H12O. The van der Waals surface area contributed by atoms with Gasteiger partial charge < -0.3 is 5.11 Å². The van der Waals surface area contributed by atoms with Crippen LogP contribution in [0.5, 0.6) is 0 Å². The van der Waals surface area contributed by atoms with Crippen molar-refractivity contribution < 1.29 is 5.11 Å². The van der Waals surface area contributed by atoms with Gasteiger partial charge >= 0.3 is 0 Å². The van der Waals surface area contributed by atoms with Gasteiger partial charge in [0.2, 0.25) is 0 Å². The van der Waals surface area contributed by atoms with E-state index in [4.69, 9.17) is 0 Å². The molecule has 0 aromatic heterocycles. The maximum Gasteiger partial charge on any atom is 0.103 e. The van der Waals surface area contributed by atoms with Gasteiger partial charge in [0.05, 0.1) is 5.92 Å². The molecule has 0 fully saturated rings. The Bertz CT molecular complexity index is 363. The predicted octanol–water partition coefficient (Wildman–Crippen LogP) is 3.22. The highest BCUT2D eigenvalue weighted by Crippen LogP contribution is 2.17. The lowest BCUT2D eigenvalue weighted by Crippen LogP contribution is -1.93. The molecule has 2 aliphatic carbocycles. The first-order chi connectivity index (χ1) is 6.86. The summed E-state index contributed by atoms with van der Waals surface area (Å²) in [5.41, 5.74) is 1.11. The van der Waals surface area contributed by atoms with E-state index < -0.39 is 0 Å². The molecule has 1 heteroatoms. The summed E-state index contributed by atoms with van der Waals surface area (Å²) < 4.78 is 0. The topological polar surface area (TPSA) is 20.2 Å². The summed E-state index contributed by atoms with van der Waals surface area (Å²) in [6, 6.07) is 0. The fourth-order valence-electron chi connectivity index (χ4n) is 1.42. The Hall–Kier alpha value is -1.76. The highest BCUT2D eigenvalue weighted by molar-refractivity contribution is 5.42. The lowest BCUT2D eigenvalue weighted by Gasteiger charge is -2.01. The van der Waals surface area contributed by atoms with Crippen LogP contribution in [0.3, 0.4) is 0 Å². The second-order valence-corrected chi connectivity index (χ2v) is 3.27. The number of hydrogen-bond donors (Lipinski definition) is 1. The van der Waals surface area contributed by atoms with Crippen molar-refractivity contribution in [1.29, 1.82) is 0 Å². The molecule has 0 saturated carbocycles. The van der Waals surface area contributed by atoms with Crippen LogP contribution in [0.1, 0.15) is 0 Å². The molecule has 0 aromatic rings. The van der Waals surface area contributed by atoms with Crippen LogP contribution in [-0.4, -0.2) is 5.11 Å². The van der Waals surface area contributed by atoms with Crippen LogP contribution in [0.4, 0.5) is 0 Å². The fraction of sp³-hybridized carbons (Fsp3) is 0.0769.